The molecule has 4 rings (SSSR count). The van der Waals surface area contributed by atoms with Gasteiger partial charge in [0.1, 0.15) is 23.0 Å². The molecule has 0 saturated carbocycles. The van der Waals surface area contributed by atoms with Gasteiger partial charge in [-0.05, 0) is 38.5 Å². The molecule has 2 aliphatic rings. The third-order valence-corrected chi connectivity index (χ3v) is 5.10. The molecule has 0 aromatic carbocycles. The fourth-order valence-corrected chi connectivity index (χ4v) is 3.58. The first-order valence-electron chi connectivity index (χ1n) is 9.50. The monoisotopic (exact) mass is 352 g/mol. The highest BCUT2D eigenvalue weighted by molar-refractivity contribution is 6.06. The number of carbonyl (C=O) groups excluding carboxylic acids is 1. The van der Waals surface area contributed by atoms with Gasteiger partial charge in [0.15, 0.2) is 0 Å². The predicted octanol–water partition coefficient (Wildman–Crippen LogP) is 2.48. The quantitative estimate of drug-likeness (QED) is 0.783. The maximum absolute atomic E-state index is 12.6. The lowest BCUT2D eigenvalue weighted by atomic mass is 10.1. The van der Waals surface area contributed by atoms with Gasteiger partial charge in [-0.3, -0.25) is 4.79 Å². The molecule has 0 aliphatic carbocycles. The summed E-state index contributed by atoms with van der Waals surface area (Å²) in [5.41, 5.74) is 0.622. The van der Waals surface area contributed by atoms with E-state index in [2.05, 4.69) is 29.7 Å². The van der Waals surface area contributed by atoms with Gasteiger partial charge in [0, 0.05) is 26.2 Å². The molecule has 136 valence electrons. The zero-order valence-electron chi connectivity index (χ0n) is 15.0. The largest absolute Gasteiger partial charge is 0.355 e. The van der Waals surface area contributed by atoms with Gasteiger partial charge < -0.3 is 9.80 Å². The van der Waals surface area contributed by atoms with Crippen molar-refractivity contribution in [3.05, 3.63) is 36.2 Å². The Hall–Kier alpha value is -2.57. The maximum Gasteiger partial charge on any atom is 0.232 e. The first kappa shape index (κ1) is 16.9. The fraction of sp³-hybridized carbons (Fsp3) is 0.526. The van der Waals surface area contributed by atoms with Crippen LogP contribution >= 0.6 is 0 Å². The molecule has 2 aromatic rings. The number of carbonyl (C=O) groups is 1. The molecule has 2 fully saturated rings. The average Bonchev–Trinajstić information content (AvgIpc) is 2.75. The molecule has 2 aromatic heterocycles. The van der Waals surface area contributed by atoms with E-state index in [1.54, 1.807) is 24.8 Å². The molecule has 0 unspecified atom stereocenters. The van der Waals surface area contributed by atoms with Crippen molar-refractivity contribution in [3.8, 4) is 0 Å². The van der Waals surface area contributed by atoms with Gasteiger partial charge in [0.2, 0.25) is 5.78 Å². The summed E-state index contributed by atoms with van der Waals surface area (Å²) in [5, 5.41) is 0. The second-order valence-corrected chi connectivity index (χ2v) is 6.94. The molecule has 7 nitrogen and oxygen atoms in total. The van der Waals surface area contributed by atoms with E-state index < -0.39 is 0 Å². The van der Waals surface area contributed by atoms with E-state index in [0.29, 0.717) is 11.4 Å². The average molecular weight is 352 g/mol. The van der Waals surface area contributed by atoms with Gasteiger partial charge in [-0.15, -0.1) is 0 Å². The zero-order valence-corrected chi connectivity index (χ0v) is 15.0. The van der Waals surface area contributed by atoms with E-state index in [4.69, 9.17) is 0 Å². The molecular weight excluding hydrogens is 328 g/mol. The van der Waals surface area contributed by atoms with Crippen molar-refractivity contribution < 1.29 is 4.79 Å². The molecule has 2 aliphatic heterocycles. The van der Waals surface area contributed by atoms with E-state index in [9.17, 15) is 4.79 Å². The molecule has 0 spiro atoms. The van der Waals surface area contributed by atoms with Gasteiger partial charge in [-0.25, -0.2) is 19.9 Å². The highest BCUT2D eigenvalue weighted by Crippen LogP contribution is 2.18. The minimum absolute atomic E-state index is 0.236. The Labute approximate surface area is 153 Å². The predicted molar refractivity (Wildman–Crippen MR) is 99.6 cm³/mol. The summed E-state index contributed by atoms with van der Waals surface area (Å²) in [5.74, 6) is 1.45. The lowest BCUT2D eigenvalue weighted by molar-refractivity contribution is 0.102. The summed E-state index contributed by atoms with van der Waals surface area (Å²) in [7, 11) is 0. The molecule has 0 N–H and O–H groups in total. The van der Waals surface area contributed by atoms with Crippen LogP contribution in [-0.4, -0.2) is 51.9 Å². The highest BCUT2D eigenvalue weighted by Gasteiger charge is 2.18. The van der Waals surface area contributed by atoms with Crippen LogP contribution in [0.25, 0.3) is 0 Å². The van der Waals surface area contributed by atoms with Gasteiger partial charge in [0.25, 0.3) is 0 Å². The van der Waals surface area contributed by atoms with Crippen LogP contribution in [0.3, 0.4) is 0 Å². The van der Waals surface area contributed by atoms with E-state index in [1.807, 2.05) is 0 Å². The van der Waals surface area contributed by atoms with Crippen LogP contribution in [0.15, 0.2) is 24.8 Å². The Morgan fingerprint density at radius 2 is 1.04 bits per heavy atom. The van der Waals surface area contributed by atoms with Crippen molar-refractivity contribution in [2.24, 2.45) is 0 Å². The van der Waals surface area contributed by atoms with Gasteiger partial charge in [0.05, 0.1) is 24.8 Å². The van der Waals surface area contributed by atoms with Crippen LogP contribution in [0.4, 0.5) is 11.6 Å². The second kappa shape index (κ2) is 7.76. The molecule has 26 heavy (non-hydrogen) atoms. The van der Waals surface area contributed by atoms with Crippen molar-refractivity contribution in [1.82, 2.24) is 19.9 Å². The Bertz CT molecular complexity index is 670. The number of aromatic nitrogens is 4. The zero-order chi connectivity index (χ0) is 17.8. The molecule has 7 heteroatoms. The Kier molecular flexibility index (Phi) is 5.04. The third kappa shape index (κ3) is 3.66. The normalized spacial score (nSPS) is 18.0. The number of ketones is 1. The van der Waals surface area contributed by atoms with Crippen LogP contribution in [-0.2, 0) is 0 Å². The lowest BCUT2D eigenvalue weighted by Crippen LogP contribution is -2.30. The summed E-state index contributed by atoms with van der Waals surface area (Å²) < 4.78 is 0. The SMILES string of the molecule is O=C(c1cnc(N2CCCCC2)cn1)c1cnc(N2CCCCC2)cn1. The van der Waals surface area contributed by atoms with Gasteiger partial charge >= 0.3 is 0 Å². The Morgan fingerprint density at radius 3 is 1.38 bits per heavy atom. The second-order valence-electron chi connectivity index (χ2n) is 6.94. The molecule has 2 saturated heterocycles. The van der Waals surface area contributed by atoms with E-state index >= 15 is 0 Å². The van der Waals surface area contributed by atoms with Crippen molar-refractivity contribution >= 4 is 17.4 Å². The Balaban J connectivity index is 1.44. The smallest absolute Gasteiger partial charge is 0.232 e. The van der Waals surface area contributed by atoms with Crippen molar-refractivity contribution in [2.75, 3.05) is 36.0 Å². The van der Waals surface area contributed by atoms with Crippen molar-refractivity contribution in [1.29, 1.82) is 0 Å². The number of rotatable bonds is 4. The molecule has 4 heterocycles. The molecule has 0 amide bonds. The molecule has 0 atom stereocenters. The van der Waals surface area contributed by atoms with E-state index in [0.717, 1.165) is 37.8 Å². The fourth-order valence-electron chi connectivity index (χ4n) is 3.58. The van der Waals surface area contributed by atoms with Gasteiger partial charge in [-0.1, -0.05) is 0 Å². The number of hydrogen-bond acceptors (Lipinski definition) is 7. The minimum Gasteiger partial charge on any atom is -0.355 e. The number of nitrogens with zero attached hydrogens (tertiary/aromatic N) is 6. The molecule has 0 bridgehead atoms. The summed E-state index contributed by atoms with van der Waals surface area (Å²) in [4.78, 5) is 34.5. The summed E-state index contributed by atoms with van der Waals surface area (Å²) in [6, 6.07) is 0. The number of anilines is 2. The Morgan fingerprint density at radius 1 is 0.615 bits per heavy atom. The summed E-state index contributed by atoms with van der Waals surface area (Å²) in [6.07, 6.45) is 13.7. The van der Waals surface area contributed by atoms with Gasteiger partial charge in [-0.2, -0.15) is 0 Å². The van der Waals surface area contributed by atoms with Crippen molar-refractivity contribution in [2.45, 2.75) is 38.5 Å². The standard InChI is InChI=1S/C19H24N6O/c26-19(15-11-22-17(13-20-15)24-7-3-1-4-8-24)16-12-23-18(14-21-16)25-9-5-2-6-10-25/h11-14H,1-10H2. The summed E-state index contributed by atoms with van der Waals surface area (Å²) in [6.45, 7) is 4.02. The van der Waals surface area contributed by atoms with Crippen LogP contribution in [0.1, 0.15) is 54.7 Å². The third-order valence-electron chi connectivity index (χ3n) is 5.10. The molecule has 0 radical (unpaired) electrons. The van der Waals surface area contributed by atoms with Crippen LogP contribution in [0.5, 0.6) is 0 Å². The summed E-state index contributed by atoms with van der Waals surface area (Å²) >= 11 is 0. The van der Waals surface area contributed by atoms with E-state index in [1.165, 1.54) is 38.5 Å². The lowest BCUT2D eigenvalue weighted by Gasteiger charge is -2.27. The van der Waals surface area contributed by atoms with Crippen LogP contribution < -0.4 is 9.80 Å². The number of hydrogen-bond donors (Lipinski definition) is 0. The highest BCUT2D eigenvalue weighted by atomic mass is 16.1. The first-order valence-corrected chi connectivity index (χ1v) is 9.50. The van der Waals surface area contributed by atoms with Crippen molar-refractivity contribution in [3.63, 3.8) is 0 Å². The minimum atomic E-state index is -0.236. The number of piperidine rings is 2. The van der Waals surface area contributed by atoms with Crippen LogP contribution in [0, 0.1) is 0 Å². The first-order chi connectivity index (χ1) is 12.8. The maximum atomic E-state index is 12.6. The topological polar surface area (TPSA) is 75.1 Å². The van der Waals surface area contributed by atoms with E-state index in [-0.39, 0.29) is 5.78 Å². The van der Waals surface area contributed by atoms with Crippen LogP contribution in [0.2, 0.25) is 0 Å². The molecular formula is C19H24N6O.